The number of ketones is 2. The van der Waals surface area contributed by atoms with Crippen LogP contribution in [-0.4, -0.2) is 131 Å². The van der Waals surface area contributed by atoms with Gasteiger partial charge >= 0.3 is 5.97 Å². The number of aromatic hydroxyl groups is 1. The van der Waals surface area contributed by atoms with Gasteiger partial charge in [0, 0.05) is 84.2 Å². The minimum atomic E-state index is -1.97. The molecular formula is C73H97N5O11S2. The first kappa shape index (κ1) is 65.9. The van der Waals surface area contributed by atoms with Crippen molar-refractivity contribution in [2.45, 2.75) is 185 Å². The third kappa shape index (κ3) is 12.1. The van der Waals surface area contributed by atoms with E-state index in [2.05, 4.69) is 54.3 Å². The Hall–Kier alpha value is -5.10. The van der Waals surface area contributed by atoms with Gasteiger partial charge in [-0.25, -0.2) is 4.99 Å². The lowest BCUT2D eigenvalue weighted by molar-refractivity contribution is -0.194. The highest BCUT2D eigenvalue weighted by molar-refractivity contribution is 8.76. The molecule has 492 valence electrons. The van der Waals surface area contributed by atoms with Gasteiger partial charge in [0.2, 0.25) is 0 Å². The van der Waals surface area contributed by atoms with Crippen molar-refractivity contribution >= 4 is 45.1 Å². The van der Waals surface area contributed by atoms with Gasteiger partial charge in [-0.2, -0.15) is 0 Å². The van der Waals surface area contributed by atoms with Crippen LogP contribution in [-0.2, 0) is 25.7 Å². The number of fused-ring (bicyclic) bond motifs is 10. The van der Waals surface area contributed by atoms with Crippen LogP contribution in [0, 0.1) is 93.7 Å². The molecule has 4 saturated carbocycles. The summed E-state index contributed by atoms with van der Waals surface area (Å²) in [6.07, 6.45) is 8.71. The number of carbonyl (C=O) groups is 3. The van der Waals surface area contributed by atoms with Gasteiger partial charge in [0.1, 0.15) is 17.9 Å². The number of guanidine groups is 1. The van der Waals surface area contributed by atoms with Crippen LogP contribution >= 0.6 is 21.6 Å². The number of phenolic OH excluding ortho intramolecular Hbond substituents is 1. The Kier molecular flexibility index (Phi) is 19.3. The van der Waals surface area contributed by atoms with E-state index in [-0.39, 0.29) is 116 Å². The Bertz CT molecular complexity index is 3290. The number of hydrogen-bond acceptors (Lipinski definition) is 15. The number of hydrogen-bond donors (Lipinski definition) is 11. The molecule has 0 spiro atoms. The van der Waals surface area contributed by atoms with Gasteiger partial charge in [-0.15, -0.1) is 5.92 Å². The van der Waals surface area contributed by atoms with E-state index in [4.69, 9.17) is 15.5 Å². The SMILES string of the molecule is CC[C@@H]1OC(=O)[C@@H](c2cc[nH]c2)[C@@H]1[C@H]1C#CC[C@H]2C[C@@]3(O)C4=C5N[C@H](CO)C(=O)C[C@@H](c6ccc(O)cc6)CSSC[C@@H]6[C@@H](O)[C@@H](O)C[C@@](C)([C@@H]6C5=O)[C@H]4CC[C@]3(CCNC(N)=NCc3ccccc3)[C@H]2[C@@](C)(O)[C@H](O)C[C@@H](C)[C@@H]2CC=C3CC[C@H](C)C[C@@H]3[C@@H]2C1. The normalized spacial score (nSPS) is 42.0. The molecule has 16 nitrogen and oxygen atoms in total. The fraction of sp³-hybridized carbons (Fsp3) is 0.644. The Morgan fingerprint density at radius 2 is 1.69 bits per heavy atom. The van der Waals surface area contributed by atoms with Crippen molar-refractivity contribution < 1.29 is 54.9 Å². The lowest BCUT2D eigenvalue weighted by Gasteiger charge is -2.63. The molecule has 12 N–H and O–H groups in total. The van der Waals surface area contributed by atoms with Crippen LogP contribution in [0.2, 0.25) is 0 Å². The summed E-state index contributed by atoms with van der Waals surface area (Å²) in [5.74, 6) is 3.46. The van der Waals surface area contributed by atoms with Gasteiger partial charge in [-0.3, -0.25) is 14.4 Å². The van der Waals surface area contributed by atoms with E-state index >= 15 is 14.7 Å². The Balaban J connectivity index is 1.03. The first-order chi connectivity index (χ1) is 43.6. The zero-order valence-corrected chi connectivity index (χ0v) is 55.1. The average molecular weight is 1280 g/mol. The van der Waals surface area contributed by atoms with E-state index in [1.807, 2.05) is 55.7 Å². The van der Waals surface area contributed by atoms with Crippen molar-refractivity contribution in [3.8, 4) is 17.6 Å². The number of carbonyl (C=O) groups excluding carboxylic acids is 3. The maximum Gasteiger partial charge on any atom is 0.314 e. The summed E-state index contributed by atoms with van der Waals surface area (Å²) in [5.41, 5.74) is 5.02. The summed E-state index contributed by atoms with van der Waals surface area (Å²) in [6, 6.07) is 17.1. The number of ether oxygens (including phenoxy) is 1. The van der Waals surface area contributed by atoms with Crippen LogP contribution in [0.25, 0.3) is 0 Å². The predicted molar refractivity (Wildman–Crippen MR) is 354 cm³/mol. The molecule has 1 aromatic heterocycles. The number of cyclic esters (lactones) is 1. The number of aliphatic hydroxyl groups excluding tert-OH is 4. The number of aliphatic imine (C=N–C) groups is 1. The number of esters is 1. The largest absolute Gasteiger partial charge is 0.508 e. The van der Waals surface area contributed by atoms with E-state index in [1.165, 1.54) is 27.2 Å². The number of aromatic nitrogens is 1. The lowest BCUT2D eigenvalue weighted by atomic mass is 9.43. The highest BCUT2D eigenvalue weighted by atomic mass is 33.1. The molecule has 7 aliphatic carbocycles. The lowest BCUT2D eigenvalue weighted by Crippen LogP contribution is -2.67. The van der Waals surface area contributed by atoms with Crippen molar-refractivity contribution in [2.24, 2.45) is 92.6 Å². The average Bonchev–Trinajstić information content (AvgIpc) is 1.62. The molecule has 3 aromatic rings. The zero-order valence-electron chi connectivity index (χ0n) is 53.5. The maximum atomic E-state index is 16.4. The van der Waals surface area contributed by atoms with Crippen LogP contribution < -0.4 is 16.4 Å². The number of allylic oxidation sites excluding steroid dienone is 3. The van der Waals surface area contributed by atoms with Crippen molar-refractivity contribution in [1.82, 2.24) is 15.6 Å². The highest BCUT2D eigenvalue weighted by Gasteiger charge is 2.75. The van der Waals surface area contributed by atoms with E-state index in [0.29, 0.717) is 61.1 Å². The molecule has 2 bridgehead atoms. The number of nitrogens with two attached hydrogens (primary N) is 1. The monoisotopic (exact) mass is 1280 g/mol. The standard InChI is InChI=1S/C73H97N5O11S2/c1-6-58-60(61(68(86)89-58)47-24-27-75-36-47)45-13-10-14-46-33-73(88)63-54(70(4)34-57(82)65(84)53-39-91-90-38-48(43-17-20-49(80)21-18-43)32-56(81)55(37-79)78-64(63)66(85)62(53)70)23-25-72(73,26-28-76-69(74)77-35-42-11-8-7-9-12-42)67(46)71(5,87)59(83)30-41(3)50-22-19-44-16-15-40(2)29-51(44)52(50)31-45/h7-9,11-12,17-21,24,27,36,40-41,45-46,48,50-55,57-62,65,67,75,78-80,82-84,87-88H,6,14-16,22-23,25-26,28-35,37-39H2,1-5H3,(H3,74,76,77)/t40-,41+,45-,46-,48+,50-,51-,52+,53-,54-,55+,57-,58-,59+,60+,61-,62-,65+,67+,70+,71-,72-,73+/m0/s1. The zero-order chi connectivity index (χ0) is 64.3. The molecule has 0 unspecified atom stereocenters. The quantitative estimate of drug-likeness (QED) is 0.0226. The van der Waals surface area contributed by atoms with E-state index in [9.17, 15) is 35.4 Å². The van der Waals surface area contributed by atoms with Crippen molar-refractivity contribution in [2.75, 3.05) is 24.7 Å². The number of H-pyrrole nitrogens is 1. The van der Waals surface area contributed by atoms with E-state index < -0.39 is 94.3 Å². The second-order valence-electron chi connectivity index (χ2n) is 29.6. The number of nitrogens with zero attached hydrogens (tertiary/aromatic N) is 1. The Morgan fingerprint density at radius 3 is 2.43 bits per heavy atom. The summed E-state index contributed by atoms with van der Waals surface area (Å²) < 4.78 is 6.35. The summed E-state index contributed by atoms with van der Waals surface area (Å²) in [4.78, 5) is 53.7. The molecule has 2 aliphatic heterocycles. The van der Waals surface area contributed by atoms with Gasteiger partial charge in [-0.05, 0) is 171 Å². The molecule has 9 aliphatic rings. The second-order valence-corrected chi connectivity index (χ2v) is 32.2. The number of aliphatic hydroxyl groups is 6. The molecule has 0 amide bonds. The molecule has 2 aromatic carbocycles. The van der Waals surface area contributed by atoms with Gasteiger partial charge in [0.25, 0.3) is 0 Å². The number of Topliss-reactive ketones (excluding diaryl/α,β-unsaturated/α-hetero) is 2. The van der Waals surface area contributed by atoms with Crippen LogP contribution in [0.4, 0.5) is 0 Å². The van der Waals surface area contributed by atoms with Gasteiger partial charge < -0.3 is 61.8 Å². The number of aromatic amines is 1. The Labute approximate surface area is 544 Å². The van der Waals surface area contributed by atoms with E-state index in [0.717, 1.165) is 42.4 Å². The molecular weight excluding hydrogens is 1190 g/mol. The number of benzene rings is 2. The van der Waals surface area contributed by atoms with Crippen molar-refractivity contribution in [3.05, 3.63) is 113 Å². The molecule has 91 heavy (non-hydrogen) atoms. The second kappa shape index (κ2) is 26.6. The fourth-order valence-electron chi connectivity index (χ4n) is 20.3. The molecule has 3 heterocycles. The van der Waals surface area contributed by atoms with Gasteiger partial charge in [-0.1, -0.05) is 109 Å². The summed E-state index contributed by atoms with van der Waals surface area (Å²) in [5, 5.41) is 95.3. The summed E-state index contributed by atoms with van der Waals surface area (Å²) >= 11 is 0. The summed E-state index contributed by atoms with van der Waals surface area (Å²) in [7, 11) is 3.00. The molecule has 0 radical (unpaired) electrons. The molecule has 2 saturated heterocycles. The molecule has 12 rings (SSSR count). The van der Waals surface area contributed by atoms with Crippen LogP contribution in [0.3, 0.4) is 0 Å². The number of phenols is 1. The smallest absolute Gasteiger partial charge is 0.314 e. The van der Waals surface area contributed by atoms with Gasteiger partial charge in [0.15, 0.2) is 17.5 Å². The third-order valence-corrected chi connectivity index (χ3v) is 27.1. The predicted octanol–water partition coefficient (Wildman–Crippen LogP) is 8.85. The number of rotatable bonds is 10. The number of nitrogens with one attached hydrogen (secondary N) is 3. The highest BCUT2D eigenvalue weighted by Crippen LogP contribution is 2.73. The third-order valence-electron chi connectivity index (χ3n) is 24.6. The molecule has 18 heteroatoms. The van der Waals surface area contributed by atoms with Crippen LogP contribution in [0.15, 0.2) is 101 Å². The Morgan fingerprint density at radius 1 is 0.923 bits per heavy atom. The van der Waals surface area contributed by atoms with E-state index in [1.54, 1.807) is 31.2 Å². The minimum absolute atomic E-state index is 0.00705. The summed E-state index contributed by atoms with van der Waals surface area (Å²) in [6.45, 7) is 10.2. The van der Waals surface area contributed by atoms with Gasteiger partial charge in [0.05, 0.1) is 54.3 Å². The first-order valence-electron chi connectivity index (χ1n) is 33.9. The maximum absolute atomic E-state index is 16.4. The first-order valence-corrected chi connectivity index (χ1v) is 36.4. The van der Waals surface area contributed by atoms with Crippen LogP contribution in [0.1, 0.15) is 153 Å². The molecule has 23 atom stereocenters. The van der Waals surface area contributed by atoms with Crippen LogP contribution in [0.5, 0.6) is 5.75 Å². The van der Waals surface area contributed by atoms with Crippen molar-refractivity contribution in [1.29, 1.82) is 0 Å². The fourth-order valence-corrected chi connectivity index (χ4v) is 23.0. The molecule has 6 fully saturated rings. The topological polar surface area (TPSA) is 280 Å². The van der Waals surface area contributed by atoms with Crippen molar-refractivity contribution in [3.63, 3.8) is 0 Å². The minimum Gasteiger partial charge on any atom is -0.508 e.